The third-order valence-electron chi connectivity index (χ3n) is 1.59. The zero-order valence-corrected chi connectivity index (χ0v) is 11.1. The van der Waals surface area contributed by atoms with Crippen LogP contribution in [0.2, 0.25) is 0 Å². The van der Waals surface area contributed by atoms with Crippen LogP contribution < -0.4 is 4.72 Å². The Morgan fingerprint density at radius 3 is 2.13 bits per heavy atom. The van der Waals surface area contributed by atoms with Gasteiger partial charge in [-0.25, -0.2) is 21.6 Å². The second kappa shape index (κ2) is 6.03. The molecule has 0 saturated heterocycles. The highest BCUT2D eigenvalue weighted by Gasteiger charge is 2.13. The minimum absolute atomic E-state index is 0.109. The average Bonchev–Trinajstić information content (AvgIpc) is 1.99. The van der Waals surface area contributed by atoms with E-state index >= 15 is 0 Å². The molecule has 0 fully saturated rings. The van der Waals surface area contributed by atoms with E-state index in [1.807, 2.05) is 0 Å². The first-order valence-corrected chi connectivity index (χ1v) is 8.56. The first kappa shape index (κ1) is 15.2. The molecule has 0 amide bonds. The molecule has 0 bridgehead atoms. The first-order chi connectivity index (χ1) is 6.62. The van der Waals surface area contributed by atoms with Gasteiger partial charge in [0.1, 0.15) is 9.84 Å². The van der Waals surface area contributed by atoms with Crippen molar-refractivity contribution in [3.05, 3.63) is 0 Å². The lowest BCUT2D eigenvalue weighted by atomic mass is 10.3. The highest BCUT2D eigenvalue weighted by molar-refractivity contribution is 7.93. The average molecular weight is 278 g/mol. The predicted octanol–water partition coefficient (Wildman–Crippen LogP) is -0.0322. The summed E-state index contributed by atoms with van der Waals surface area (Å²) >= 11 is 5.63. The molecule has 0 aromatic heterocycles. The van der Waals surface area contributed by atoms with Gasteiger partial charge >= 0.3 is 0 Å². The molecule has 0 aromatic rings. The van der Waals surface area contributed by atoms with E-state index in [1.54, 1.807) is 6.92 Å². The lowest BCUT2D eigenvalue weighted by Gasteiger charge is -2.06. The van der Waals surface area contributed by atoms with Crippen molar-refractivity contribution in [3.63, 3.8) is 0 Å². The number of hydrogen-bond donors (Lipinski definition) is 1. The lowest BCUT2D eigenvalue weighted by Crippen LogP contribution is -2.31. The maximum Gasteiger partial charge on any atom is 0.212 e. The van der Waals surface area contributed by atoms with Crippen molar-refractivity contribution in [3.8, 4) is 0 Å². The fourth-order valence-corrected chi connectivity index (χ4v) is 3.52. The Bertz CT molecular complexity index is 374. The van der Waals surface area contributed by atoms with Gasteiger partial charge in [0.2, 0.25) is 10.0 Å². The molecule has 1 unspecified atom stereocenters. The number of rotatable bonds is 7. The molecule has 8 heteroatoms. The molecule has 0 heterocycles. The van der Waals surface area contributed by atoms with E-state index in [2.05, 4.69) is 4.72 Å². The number of nitrogens with one attached hydrogen (secondary N) is 1. The van der Waals surface area contributed by atoms with Gasteiger partial charge in [-0.2, -0.15) is 0 Å². The monoisotopic (exact) mass is 277 g/mol. The van der Waals surface area contributed by atoms with E-state index in [-0.39, 0.29) is 17.7 Å². The maximum atomic E-state index is 11.2. The Morgan fingerprint density at radius 2 is 1.73 bits per heavy atom. The topological polar surface area (TPSA) is 80.3 Å². The SMILES string of the molecule is CC(Cl)CCNS(=O)(=O)CCS(C)(=O)=O. The fraction of sp³-hybridized carbons (Fsp3) is 1.00. The van der Waals surface area contributed by atoms with Crippen LogP contribution in [0.15, 0.2) is 0 Å². The number of sulfonamides is 1. The van der Waals surface area contributed by atoms with Crippen LogP contribution >= 0.6 is 11.6 Å². The summed E-state index contributed by atoms with van der Waals surface area (Å²) < 4.78 is 46.3. The van der Waals surface area contributed by atoms with Gasteiger partial charge < -0.3 is 0 Å². The van der Waals surface area contributed by atoms with Gasteiger partial charge in [-0.3, -0.25) is 0 Å². The Kier molecular flexibility index (Phi) is 6.09. The summed E-state index contributed by atoms with van der Waals surface area (Å²) in [6.45, 7) is 1.99. The molecule has 0 aliphatic rings. The minimum Gasteiger partial charge on any atom is -0.229 e. The molecular formula is C7H16ClNO4S2. The zero-order chi connectivity index (χ0) is 12.1. The molecule has 0 rings (SSSR count). The summed E-state index contributed by atoms with van der Waals surface area (Å²) in [5.41, 5.74) is 0. The second-order valence-electron chi connectivity index (χ2n) is 3.41. The summed E-state index contributed by atoms with van der Waals surface area (Å²) in [5.74, 6) is -0.763. The molecule has 92 valence electrons. The minimum atomic E-state index is -3.50. The van der Waals surface area contributed by atoms with Crippen LogP contribution in [0.25, 0.3) is 0 Å². The van der Waals surface area contributed by atoms with Crippen molar-refractivity contribution in [2.75, 3.05) is 24.3 Å². The lowest BCUT2D eigenvalue weighted by molar-refractivity contribution is 0.576. The van der Waals surface area contributed by atoms with Crippen LogP contribution in [0.5, 0.6) is 0 Å². The van der Waals surface area contributed by atoms with Crippen molar-refractivity contribution in [2.24, 2.45) is 0 Å². The highest BCUT2D eigenvalue weighted by Crippen LogP contribution is 1.98. The van der Waals surface area contributed by atoms with Crippen molar-refractivity contribution in [1.82, 2.24) is 4.72 Å². The highest BCUT2D eigenvalue weighted by atomic mass is 35.5. The van der Waals surface area contributed by atoms with Crippen molar-refractivity contribution in [2.45, 2.75) is 18.7 Å². The van der Waals surface area contributed by atoms with E-state index < -0.39 is 25.6 Å². The van der Waals surface area contributed by atoms with Crippen molar-refractivity contribution < 1.29 is 16.8 Å². The van der Waals surface area contributed by atoms with Crippen LogP contribution in [0, 0.1) is 0 Å². The van der Waals surface area contributed by atoms with Crippen LogP contribution in [-0.4, -0.2) is 46.5 Å². The van der Waals surface area contributed by atoms with Crippen LogP contribution in [-0.2, 0) is 19.9 Å². The van der Waals surface area contributed by atoms with Gasteiger partial charge in [0.15, 0.2) is 0 Å². The van der Waals surface area contributed by atoms with Gasteiger partial charge in [0.05, 0.1) is 11.5 Å². The molecule has 0 aliphatic carbocycles. The van der Waals surface area contributed by atoms with E-state index in [0.29, 0.717) is 6.42 Å². The largest absolute Gasteiger partial charge is 0.229 e. The van der Waals surface area contributed by atoms with Gasteiger partial charge in [-0.1, -0.05) is 0 Å². The standard InChI is InChI=1S/C7H16ClNO4S2/c1-7(8)3-4-9-15(12,13)6-5-14(2,10)11/h7,9H,3-6H2,1-2H3. The Labute approximate surface area is 96.2 Å². The molecule has 0 radical (unpaired) electrons. The molecular weight excluding hydrogens is 262 g/mol. The van der Waals surface area contributed by atoms with Crippen LogP contribution in [0.4, 0.5) is 0 Å². The quantitative estimate of drug-likeness (QED) is 0.663. The Morgan fingerprint density at radius 1 is 1.20 bits per heavy atom. The molecule has 15 heavy (non-hydrogen) atoms. The molecule has 5 nitrogen and oxygen atoms in total. The van der Waals surface area contributed by atoms with E-state index in [1.165, 1.54) is 0 Å². The van der Waals surface area contributed by atoms with Crippen LogP contribution in [0.1, 0.15) is 13.3 Å². The van der Waals surface area contributed by atoms with Gasteiger partial charge in [-0.05, 0) is 13.3 Å². The molecule has 1 N–H and O–H groups in total. The van der Waals surface area contributed by atoms with Crippen molar-refractivity contribution >= 4 is 31.5 Å². The van der Waals surface area contributed by atoms with Crippen molar-refractivity contribution in [1.29, 1.82) is 0 Å². The molecule has 0 aliphatic heterocycles. The summed E-state index contributed by atoms with van der Waals surface area (Å²) in [6, 6.07) is 0. The second-order valence-corrected chi connectivity index (χ2v) is 8.34. The van der Waals surface area contributed by atoms with E-state index in [0.717, 1.165) is 6.26 Å². The zero-order valence-electron chi connectivity index (χ0n) is 8.73. The summed E-state index contributed by atoms with van der Waals surface area (Å²) in [7, 11) is -6.74. The predicted molar refractivity (Wildman–Crippen MR) is 61.4 cm³/mol. The van der Waals surface area contributed by atoms with Gasteiger partial charge in [0.25, 0.3) is 0 Å². The number of halogens is 1. The fourth-order valence-electron chi connectivity index (χ4n) is 0.747. The maximum absolute atomic E-state index is 11.2. The third kappa shape index (κ3) is 10.4. The first-order valence-electron chi connectivity index (χ1n) is 4.41. The summed E-state index contributed by atoms with van der Waals surface area (Å²) in [6.07, 6.45) is 1.52. The number of hydrogen-bond acceptors (Lipinski definition) is 4. The van der Waals surface area contributed by atoms with Gasteiger partial charge in [-0.15, -0.1) is 11.6 Å². The third-order valence-corrected chi connectivity index (χ3v) is 4.39. The molecule has 0 saturated carbocycles. The summed E-state index contributed by atoms with van der Waals surface area (Å²) in [5, 5.41) is -0.109. The number of sulfone groups is 1. The molecule has 0 aromatic carbocycles. The summed E-state index contributed by atoms with van der Waals surface area (Å²) in [4.78, 5) is 0. The van der Waals surface area contributed by atoms with Gasteiger partial charge in [0, 0.05) is 18.2 Å². The smallest absolute Gasteiger partial charge is 0.212 e. The van der Waals surface area contributed by atoms with E-state index in [4.69, 9.17) is 11.6 Å². The number of alkyl halides is 1. The molecule has 0 spiro atoms. The Balaban J connectivity index is 3.99. The Hall–Kier alpha value is 0.150. The van der Waals surface area contributed by atoms with Crippen LogP contribution in [0.3, 0.4) is 0 Å². The normalized spacial score (nSPS) is 15.1. The molecule has 1 atom stereocenters. The van der Waals surface area contributed by atoms with E-state index in [9.17, 15) is 16.8 Å².